The highest BCUT2D eigenvalue weighted by atomic mass is 35.5. The Labute approximate surface area is 113 Å². The van der Waals surface area contributed by atoms with Crippen molar-refractivity contribution in [3.05, 3.63) is 28.8 Å². The van der Waals surface area contributed by atoms with Crippen LogP contribution in [0.4, 0.5) is 0 Å². The summed E-state index contributed by atoms with van der Waals surface area (Å²) in [6.07, 6.45) is 1.13. The molecule has 0 fully saturated rings. The number of carbonyl (C=O) groups excluding carboxylic acids is 1. The molecule has 0 atom stereocenters. The van der Waals surface area contributed by atoms with Crippen LogP contribution in [0.3, 0.4) is 0 Å². The van der Waals surface area contributed by atoms with Crippen LogP contribution < -0.4 is 10.1 Å². The van der Waals surface area contributed by atoms with Crippen LogP contribution in [-0.2, 0) is 11.2 Å². The lowest BCUT2D eigenvalue weighted by Gasteiger charge is -2.13. The number of alkyl halides is 1. The minimum absolute atomic E-state index is 0.00580. The topological polar surface area (TPSA) is 38.3 Å². The lowest BCUT2D eigenvalue weighted by Crippen LogP contribution is -2.26. The van der Waals surface area contributed by atoms with Gasteiger partial charge in [-0.3, -0.25) is 4.79 Å². The Morgan fingerprint density at radius 1 is 1.39 bits per heavy atom. The average Bonchev–Trinajstić information content (AvgIpc) is 2.31. The Morgan fingerprint density at radius 2 is 2.11 bits per heavy atom. The van der Waals surface area contributed by atoms with Crippen molar-refractivity contribution in [2.75, 3.05) is 19.5 Å². The third-order valence-corrected chi connectivity index (χ3v) is 3.00. The molecule has 0 aromatic heterocycles. The molecule has 0 heterocycles. The molecule has 100 valence electrons. The van der Waals surface area contributed by atoms with Gasteiger partial charge < -0.3 is 10.1 Å². The summed E-state index contributed by atoms with van der Waals surface area (Å²) in [5.41, 5.74) is 3.52. The van der Waals surface area contributed by atoms with Gasteiger partial charge in [-0.2, -0.15) is 0 Å². The number of benzene rings is 1. The first-order valence-corrected chi connectivity index (χ1v) is 6.58. The molecule has 1 rings (SSSR count). The van der Waals surface area contributed by atoms with Gasteiger partial charge in [0.15, 0.2) is 0 Å². The molecule has 0 saturated carbocycles. The second-order valence-electron chi connectivity index (χ2n) is 4.30. The fourth-order valence-electron chi connectivity index (χ4n) is 1.96. The molecule has 0 spiro atoms. The summed E-state index contributed by atoms with van der Waals surface area (Å²) in [5.74, 6) is 1.24. The fraction of sp³-hybridized carbons (Fsp3) is 0.500. The van der Waals surface area contributed by atoms with E-state index in [-0.39, 0.29) is 5.91 Å². The average molecular weight is 270 g/mol. The van der Waals surface area contributed by atoms with E-state index in [9.17, 15) is 4.79 Å². The summed E-state index contributed by atoms with van der Waals surface area (Å²) >= 11 is 5.50. The van der Waals surface area contributed by atoms with E-state index < -0.39 is 0 Å². The van der Waals surface area contributed by atoms with Gasteiger partial charge in [0.2, 0.25) is 5.91 Å². The summed E-state index contributed by atoms with van der Waals surface area (Å²) in [4.78, 5) is 11.3. The van der Waals surface area contributed by atoms with Crippen LogP contribution >= 0.6 is 11.6 Å². The lowest BCUT2D eigenvalue weighted by atomic mass is 10.0. The van der Waals surface area contributed by atoms with Gasteiger partial charge in [-0.15, -0.1) is 11.6 Å². The number of methoxy groups -OCH3 is 1. The van der Waals surface area contributed by atoms with Crippen LogP contribution in [0.15, 0.2) is 12.1 Å². The third-order valence-electron chi connectivity index (χ3n) is 2.82. The van der Waals surface area contributed by atoms with Crippen molar-refractivity contribution in [3.8, 4) is 5.75 Å². The highest BCUT2D eigenvalue weighted by Gasteiger charge is 2.08. The van der Waals surface area contributed by atoms with Gasteiger partial charge in [0, 0.05) is 18.8 Å². The van der Waals surface area contributed by atoms with Gasteiger partial charge in [0.1, 0.15) is 5.75 Å². The van der Waals surface area contributed by atoms with E-state index in [1.54, 1.807) is 7.11 Å². The van der Waals surface area contributed by atoms with Gasteiger partial charge in [0.25, 0.3) is 0 Å². The normalized spacial score (nSPS) is 10.2. The van der Waals surface area contributed by atoms with Gasteiger partial charge in [-0.25, -0.2) is 0 Å². The molecule has 1 aromatic carbocycles. The van der Waals surface area contributed by atoms with Crippen molar-refractivity contribution in [2.45, 2.75) is 26.7 Å². The molecular weight excluding hydrogens is 250 g/mol. The minimum atomic E-state index is -0.00580. The molecule has 1 N–H and O–H groups in total. The Bertz CT molecular complexity index is 419. The van der Waals surface area contributed by atoms with Gasteiger partial charge in [-0.05, 0) is 43.0 Å². The molecule has 0 saturated heterocycles. The van der Waals surface area contributed by atoms with Crippen molar-refractivity contribution in [3.63, 3.8) is 0 Å². The highest BCUT2D eigenvalue weighted by molar-refractivity contribution is 6.18. The van der Waals surface area contributed by atoms with Gasteiger partial charge >= 0.3 is 0 Å². The predicted molar refractivity (Wildman–Crippen MR) is 74.5 cm³/mol. The summed E-state index contributed by atoms with van der Waals surface area (Å²) in [6, 6.07) is 4.14. The lowest BCUT2D eigenvalue weighted by molar-refractivity contribution is -0.120. The standard InChI is InChI=1S/C14H20ClNO2/c1-10-8-11(2)12(13(9-10)18-3)5-7-16-14(17)4-6-15/h8-9H,4-7H2,1-3H3,(H,16,17). The largest absolute Gasteiger partial charge is 0.496 e. The van der Waals surface area contributed by atoms with Crippen LogP contribution in [0.5, 0.6) is 5.75 Å². The van der Waals surface area contributed by atoms with Crippen molar-refractivity contribution in [1.82, 2.24) is 5.32 Å². The second kappa shape index (κ2) is 7.27. The first kappa shape index (κ1) is 14.8. The highest BCUT2D eigenvalue weighted by Crippen LogP contribution is 2.24. The number of aryl methyl sites for hydroxylation is 2. The molecule has 0 aliphatic heterocycles. The Balaban J connectivity index is 2.64. The van der Waals surface area contributed by atoms with E-state index in [2.05, 4.69) is 18.3 Å². The maximum atomic E-state index is 11.3. The maximum Gasteiger partial charge on any atom is 0.221 e. The summed E-state index contributed by atoms with van der Waals surface area (Å²) in [5, 5.41) is 2.85. The number of rotatable bonds is 6. The number of amides is 1. The quantitative estimate of drug-likeness (QED) is 0.806. The monoisotopic (exact) mass is 269 g/mol. The second-order valence-corrected chi connectivity index (χ2v) is 4.68. The smallest absolute Gasteiger partial charge is 0.221 e. The molecule has 1 amide bonds. The molecule has 4 heteroatoms. The molecule has 18 heavy (non-hydrogen) atoms. The van der Waals surface area contributed by atoms with Crippen molar-refractivity contribution in [1.29, 1.82) is 0 Å². The Kier molecular flexibility index (Phi) is 5.99. The van der Waals surface area contributed by atoms with Crippen LogP contribution in [0.25, 0.3) is 0 Å². The van der Waals surface area contributed by atoms with E-state index in [0.717, 1.165) is 17.7 Å². The van der Waals surface area contributed by atoms with Gasteiger partial charge in [0.05, 0.1) is 7.11 Å². The van der Waals surface area contributed by atoms with E-state index in [0.29, 0.717) is 18.8 Å². The first-order chi connectivity index (χ1) is 8.58. The third kappa shape index (κ3) is 4.22. The number of halogens is 1. The zero-order valence-corrected chi connectivity index (χ0v) is 11.9. The first-order valence-electron chi connectivity index (χ1n) is 6.05. The van der Waals surface area contributed by atoms with E-state index in [4.69, 9.17) is 16.3 Å². The molecule has 3 nitrogen and oxygen atoms in total. The maximum absolute atomic E-state index is 11.3. The zero-order valence-electron chi connectivity index (χ0n) is 11.2. The van der Waals surface area contributed by atoms with Gasteiger partial charge in [-0.1, -0.05) is 6.07 Å². The molecule has 1 aromatic rings. The molecular formula is C14H20ClNO2. The van der Waals surface area contributed by atoms with Crippen LogP contribution in [0.2, 0.25) is 0 Å². The van der Waals surface area contributed by atoms with E-state index in [1.165, 1.54) is 11.1 Å². The summed E-state index contributed by atoms with van der Waals surface area (Å²) < 4.78 is 5.38. The Morgan fingerprint density at radius 3 is 2.72 bits per heavy atom. The molecule has 0 radical (unpaired) electrons. The van der Waals surface area contributed by atoms with Crippen molar-refractivity contribution < 1.29 is 9.53 Å². The van der Waals surface area contributed by atoms with Crippen LogP contribution in [0.1, 0.15) is 23.1 Å². The zero-order chi connectivity index (χ0) is 13.5. The number of hydrogen-bond acceptors (Lipinski definition) is 2. The number of carbonyl (C=O) groups is 1. The molecule has 0 unspecified atom stereocenters. The van der Waals surface area contributed by atoms with Crippen LogP contribution in [-0.4, -0.2) is 25.4 Å². The van der Waals surface area contributed by atoms with Crippen molar-refractivity contribution >= 4 is 17.5 Å². The van der Waals surface area contributed by atoms with E-state index >= 15 is 0 Å². The number of nitrogens with one attached hydrogen (secondary N) is 1. The Hall–Kier alpha value is -1.22. The van der Waals surface area contributed by atoms with E-state index in [1.807, 2.05) is 13.0 Å². The summed E-state index contributed by atoms with van der Waals surface area (Å²) in [6.45, 7) is 4.71. The molecule has 0 aliphatic rings. The SMILES string of the molecule is COc1cc(C)cc(C)c1CCNC(=O)CCCl. The summed E-state index contributed by atoms with van der Waals surface area (Å²) in [7, 11) is 1.67. The molecule has 0 bridgehead atoms. The van der Waals surface area contributed by atoms with Crippen LogP contribution in [0, 0.1) is 13.8 Å². The van der Waals surface area contributed by atoms with Crippen molar-refractivity contribution in [2.24, 2.45) is 0 Å². The number of hydrogen-bond donors (Lipinski definition) is 1. The fourth-order valence-corrected chi connectivity index (χ4v) is 2.13. The predicted octanol–water partition coefficient (Wildman–Crippen LogP) is 2.60. The molecule has 0 aliphatic carbocycles. The minimum Gasteiger partial charge on any atom is -0.496 e. The number of ether oxygens (including phenoxy) is 1.